The van der Waals surface area contributed by atoms with Gasteiger partial charge in [0.1, 0.15) is 5.82 Å². The summed E-state index contributed by atoms with van der Waals surface area (Å²) in [4.78, 5) is 4.38. The van der Waals surface area contributed by atoms with Crippen LogP contribution in [0.25, 0.3) is 0 Å². The van der Waals surface area contributed by atoms with Crippen molar-refractivity contribution in [3.05, 3.63) is 30.1 Å². The Balaban J connectivity index is 1.09. The van der Waals surface area contributed by atoms with E-state index in [1.165, 1.54) is 44.6 Å². The van der Waals surface area contributed by atoms with Gasteiger partial charge in [-0.05, 0) is 68.4 Å². The fraction of sp³-hybridized carbons (Fsp3) is 0.739. The summed E-state index contributed by atoms with van der Waals surface area (Å²) in [7, 11) is 0. The molecule has 1 heterocycles. The quantitative estimate of drug-likeness (QED) is 0.811. The second-order valence-electron chi connectivity index (χ2n) is 9.80. The molecule has 1 aromatic carbocycles. The van der Waals surface area contributed by atoms with Gasteiger partial charge in [-0.1, -0.05) is 12.1 Å². The Labute approximate surface area is 167 Å². The molecule has 5 heteroatoms. The number of hydrogen-bond donors (Lipinski definition) is 1. The molecule has 4 saturated carbocycles. The van der Waals surface area contributed by atoms with Crippen LogP contribution in [-0.2, 0) is 4.74 Å². The van der Waals surface area contributed by atoms with Gasteiger partial charge in [0, 0.05) is 32.7 Å². The molecule has 4 bridgehead atoms. The smallest absolute Gasteiger partial charge is 0.146 e. The van der Waals surface area contributed by atoms with E-state index in [2.05, 4.69) is 9.80 Å². The third kappa shape index (κ3) is 3.81. The molecule has 28 heavy (non-hydrogen) atoms. The van der Waals surface area contributed by atoms with Gasteiger partial charge in [-0.3, -0.25) is 4.90 Å². The predicted molar refractivity (Wildman–Crippen MR) is 108 cm³/mol. The third-order valence-corrected chi connectivity index (χ3v) is 7.60. The molecule has 4 aliphatic carbocycles. The monoisotopic (exact) mass is 388 g/mol. The van der Waals surface area contributed by atoms with Crippen LogP contribution in [0.4, 0.5) is 10.1 Å². The van der Waals surface area contributed by atoms with E-state index in [1.807, 2.05) is 12.1 Å². The van der Waals surface area contributed by atoms with E-state index < -0.39 is 6.10 Å². The number of para-hydroxylation sites is 1. The number of rotatable bonds is 6. The number of anilines is 1. The number of benzene rings is 1. The van der Waals surface area contributed by atoms with Crippen LogP contribution in [-0.4, -0.2) is 61.0 Å². The first-order chi connectivity index (χ1) is 13.6. The van der Waals surface area contributed by atoms with Crippen molar-refractivity contribution in [2.75, 3.05) is 44.2 Å². The lowest BCUT2D eigenvalue weighted by Crippen LogP contribution is -2.53. The lowest BCUT2D eigenvalue weighted by atomic mass is 9.54. The second kappa shape index (κ2) is 7.58. The zero-order chi connectivity index (χ0) is 19.1. The molecular weight excluding hydrogens is 355 g/mol. The van der Waals surface area contributed by atoms with Gasteiger partial charge in [0.05, 0.1) is 24.0 Å². The summed E-state index contributed by atoms with van der Waals surface area (Å²) in [5, 5.41) is 10.6. The van der Waals surface area contributed by atoms with E-state index in [0.29, 0.717) is 18.8 Å². The molecule has 5 fully saturated rings. The number of hydrogen-bond acceptors (Lipinski definition) is 4. The first kappa shape index (κ1) is 18.8. The van der Waals surface area contributed by atoms with Gasteiger partial charge < -0.3 is 14.7 Å². The molecule has 0 spiro atoms. The predicted octanol–water partition coefficient (Wildman–Crippen LogP) is 3.29. The number of β-amino-alcohol motifs (C(OH)–C–C–N with tert-alkyl or cyclic N) is 1. The summed E-state index contributed by atoms with van der Waals surface area (Å²) < 4.78 is 20.4. The first-order valence-corrected chi connectivity index (χ1v) is 11.1. The fourth-order valence-corrected chi connectivity index (χ4v) is 6.71. The van der Waals surface area contributed by atoms with E-state index in [0.717, 1.165) is 43.9 Å². The van der Waals surface area contributed by atoms with Crippen molar-refractivity contribution in [2.24, 2.45) is 17.8 Å². The van der Waals surface area contributed by atoms with E-state index in [9.17, 15) is 9.50 Å². The van der Waals surface area contributed by atoms with Crippen LogP contribution in [0.1, 0.15) is 38.5 Å². The summed E-state index contributed by atoms with van der Waals surface area (Å²) >= 11 is 0. The SMILES string of the molecule is O[C@H](COC12CC3CC(CC(C3)C1)C2)CN1CCN(c2ccccc2F)CC1. The molecule has 1 aliphatic heterocycles. The molecule has 154 valence electrons. The van der Waals surface area contributed by atoms with E-state index in [1.54, 1.807) is 6.07 Å². The van der Waals surface area contributed by atoms with Crippen molar-refractivity contribution in [3.63, 3.8) is 0 Å². The molecule has 1 atom stereocenters. The van der Waals surface area contributed by atoms with Crippen LogP contribution in [0.3, 0.4) is 0 Å². The maximum atomic E-state index is 14.0. The van der Waals surface area contributed by atoms with Crippen LogP contribution >= 0.6 is 0 Å². The molecule has 4 nitrogen and oxygen atoms in total. The Morgan fingerprint density at radius 3 is 2.21 bits per heavy atom. The largest absolute Gasteiger partial charge is 0.389 e. The molecule has 0 aromatic heterocycles. The highest BCUT2D eigenvalue weighted by Crippen LogP contribution is 2.57. The minimum absolute atomic E-state index is 0.0687. The highest BCUT2D eigenvalue weighted by molar-refractivity contribution is 5.47. The van der Waals surface area contributed by atoms with Gasteiger partial charge in [-0.25, -0.2) is 4.39 Å². The van der Waals surface area contributed by atoms with Crippen molar-refractivity contribution in [2.45, 2.75) is 50.2 Å². The van der Waals surface area contributed by atoms with Gasteiger partial charge >= 0.3 is 0 Å². The zero-order valence-corrected chi connectivity index (χ0v) is 16.7. The van der Waals surface area contributed by atoms with Crippen molar-refractivity contribution < 1.29 is 14.2 Å². The third-order valence-electron chi connectivity index (χ3n) is 7.60. The summed E-state index contributed by atoms with van der Waals surface area (Å²) in [6.45, 7) is 4.40. The summed E-state index contributed by atoms with van der Waals surface area (Å²) in [6.07, 6.45) is 7.45. The van der Waals surface area contributed by atoms with Crippen LogP contribution in [0, 0.1) is 23.6 Å². The number of piperazine rings is 1. The number of halogens is 1. The molecule has 0 unspecified atom stereocenters. The van der Waals surface area contributed by atoms with Crippen LogP contribution in [0.5, 0.6) is 0 Å². The summed E-state index contributed by atoms with van der Waals surface area (Å²) in [6, 6.07) is 6.98. The topological polar surface area (TPSA) is 35.9 Å². The Kier molecular flexibility index (Phi) is 5.10. The van der Waals surface area contributed by atoms with E-state index in [4.69, 9.17) is 4.74 Å². The lowest BCUT2D eigenvalue weighted by Gasteiger charge is -2.56. The minimum Gasteiger partial charge on any atom is -0.389 e. The highest BCUT2D eigenvalue weighted by atomic mass is 19.1. The first-order valence-electron chi connectivity index (χ1n) is 11.1. The Morgan fingerprint density at radius 2 is 1.61 bits per heavy atom. The number of aliphatic hydroxyl groups is 1. The van der Waals surface area contributed by atoms with Gasteiger partial charge in [-0.2, -0.15) is 0 Å². The van der Waals surface area contributed by atoms with Gasteiger partial charge in [0.25, 0.3) is 0 Å². The maximum Gasteiger partial charge on any atom is 0.146 e. The summed E-state index contributed by atoms with van der Waals surface area (Å²) in [5.41, 5.74) is 0.757. The number of aliphatic hydroxyl groups excluding tert-OH is 1. The van der Waals surface area contributed by atoms with Crippen molar-refractivity contribution >= 4 is 5.69 Å². The molecule has 1 aromatic rings. The summed E-state index contributed by atoms with van der Waals surface area (Å²) in [5.74, 6) is 2.46. The molecular formula is C23H33FN2O2. The average molecular weight is 389 g/mol. The van der Waals surface area contributed by atoms with Crippen LogP contribution < -0.4 is 4.90 Å². The Morgan fingerprint density at radius 1 is 1.00 bits per heavy atom. The molecule has 0 amide bonds. The van der Waals surface area contributed by atoms with Gasteiger partial charge in [0.15, 0.2) is 0 Å². The Hall–Kier alpha value is -1.17. The van der Waals surface area contributed by atoms with Crippen LogP contribution in [0.15, 0.2) is 24.3 Å². The Bertz CT molecular complexity index is 654. The molecule has 1 N–H and O–H groups in total. The van der Waals surface area contributed by atoms with Crippen molar-refractivity contribution in [1.82, 2.24) is 4.90 Å². The molecule has 1 saturated heterocycles. The number of ether oxygens (including phenoxy) is 1. The normalized spacial score (nSPS) is 36.1. The standard InChI is InChI=1S/C23H33FN2O2/c24-21-3-1-2-4-22(21)26-7-5-25(6-8-26)15-20(27)16-28-23-12-17-9-18(13-23)11-19(10-17)14-23/h1-4,17-20,27H,5-16H2/t17?,18?,19?,20-,23?/m0/s1. The second-order valence-corrected chi connectivity index (χ2v) is 9.80. The van der Waals surface area contributed by atoms with Gasteiger partial charge in [-0.15, -0.1) is 0 Å². The molecule has 0 radical (unpaired) electrons. The fourth-order valence-electron chi connectivity index (χ4n) is 6.71. The molecule has 6 rings (SSSR count). The van der Waals surface area contributed by atoms with Crippen molar-refractivity contribution in [3.8, 4) is 0 Å². The number of nitrogens with zero attached hydrogens (tertiary/aromatic N) is 2. The molecule has 5 aliphatic rings. The van der Waals surface area contributed by atoms with Gasteiger partial charge in [0.2, 0.25) is 0 Å². The zero-order valence-electron chi connectivity index (χ0n) is 16.7. The van der Waals surface area contributed by atoms with E-state index in [-0.39, 0.29) is 11.4 Å². The van der Waals surface area contributed by atoms with Crippen LogP contribution in [0.2, 0.25) is 0 Å². The minimum atomic E-state index is -0.437. The highest BCUT2D eigenvalue weighted by Gasteiger charge is 2.51. The average Bonchev–Trinajstić information content (AvgIpc) is 2.67. The van der Waals surface area contributed by atoms with E-state index >= 15 is 0 Å². The van der Waals surface area contributed by atoms with Crippen molar-refractivity contribution in [1.29, 1.82) is 0 Å². The lowest BCUT2D eigenvalue weighted by molar-refractivity contribution is -0.176. The maximum absolute atomic E-state index is 14.0.